The Labute approximate surface area is 75.1 Å². The quantitative estimate of drug-likeness (QED) is 0.531. The van der Waals surface area contributed by atoms with Crippen molar-refractivity contribution in [3.05, 3.63) is 0 Å². The summed E-state index contributed by atoms with van der Waals surface area (Å²) in [7, 11) is 0. The van der Waals surface area contributed by atoms with E-state index in [-0.39, 0.29) is 19.8 Å². The fourth-order valence-corrected chi connectivity index (χ4v) is 0.703. The first-order valence-electron chi connectivity index (χ1n) is 3.49. The molecule has 0 saturated heterocycles. The summed E-state index contributed by atoms with van der Waals surface area (Å²) < 4.78 is 0. The van der Waals surface area contributed by atoms with E-state index < -0.39 is 5.97 Å². The van der Waals surface area contributed by atoms with Gasteiger partial charge < -0.3 is 5.11 Å². The predicted octanol–water partition coefficient (Wildman–Crippen LogP) is 0.857. The fraction of sp³-hybridized carbons (Fsp3) is 0.857. The van der Waals surface area contributed by atoms with Crippen LogP contribution in [0.1, 0.15) is 39.0 Å². The molecule has 0 rings (SSSR count). The molecule has 0 amide bonds. The number of unbranched alkanes of at least 4 members (excludes halogenated alkanes) is 3. The van der Waals surface area contributed by atoms with Gasteiger partial charge in [-0.3, -0.25) is 4.79 Å². The van der Waals surface area contributed by atoms with Gasteiger partial charge in [0.25, 0.3) is 0 Å². The molecule has 1 N–H and O–H groups in total. The second kappa shape index (κ2) is 9.11. The van der Waals surface area contributed by atoms with Crippen LogP contribution >= 0.6 is 0 Å². The Morgan fingerprint density at radius 1 is 1.30 bits per heavy atom. The standard InChI is InChI=1S/C7H14O2.Ga.3H/c1-2-3-4-5-6-7(8)9;;;;/h2-6H2,1H3,(H,8,9);;;;. The van der Waals surface area contributed by atoms with Gasteiger partial charge in [-0.25, -0.2) is 0 Å². The van der Waals surface area contributed by atoms with Crippen molar-refractivity contribution in [1.82, 2.24) is 0 Å². The van der Waals surface area contributed by atoms with E-state index in [0.29, 0.717) is 6.42 Å². The average molecular weight is 203 g/mol. The summed E-state index contributed by atoms with van der Waals surface area (Å²) in [6.07, 6.45) is 4.55. The minimum absolute atomic E-state index is 0. The van der Waals surface area contributed by atoms with Gasteiger partial charge in [-0.15, -0.1) is 0 Å². The van der Waals surface area contributed by atoms with Crippen LogP contribution in [0.3, 0.4) is 0 Å². The predicted molar refractivity (Wildman–Crippen MR) is 46.3 cm³/mol. The molecule has 0 saturated carbocycles. The van der Waals surface area contributed by atoms with Crippen molar-refractivity contribution < 1.29 is 9.90 Å². The van der Waals surface area contributed by atoms with Crippen LogP contribution in [0, 0.1) is 0 Å². The molecule has 0 unspecified atom stereocenters. The molecule has 0 aliphatic carbocycles. The van der Waals surface area contributed by atoms with E-state index in [1.165, 1.54) is 6.42 Å². The van der Waals surface area contributed by atoms with E-state index in [1.807, 2.05) is 0 Å². The Bertz CT molecular complexity index is 83.7. The van der Waals surface area contributed by atoms with Crippen molar-refractivity contribution in [2.75, 3.05) is 0 Å². The zero-order valence-electron chi connectivity index (χ0n) is 5.89. The first-order chi connectivity index (χ1) is 4.27. The van der Waals surface area contributed by atoms with Gasteiger partial charge in [0, 0.05) is 6.42 Å². The van der Waals surface area contributed by atoms with Crippen LogP contribution in [0.25, 0.3) is 0 Å². The van der Waals surface area contributed by atoms with E-state index in [0.717, 1.165) is 19.3 Å². The maximum absolute atomic E-state index is 9.96. The monoisotopic (exact) mass is 202 g/mol. The SMILES string of the molecule is CCCCCCC(=O)O.[GaH3]. The van der Waals surface area contributed by atoms with Crippen molar-refractivity contribution in [2.24, 2.45) is 0 Å². The number of carboxylic acid groups (broad SMARTS) is 1. The van der Waals surface area contributed by atoms with Crippen LogP contribution in [0.2, 0.25) is 0 Å². The molecule has 2 nitrogen and oxygen atoms in total. The third kappa shape index (κ3) is 11.0. The van der Waals surface area contributed by atoms with E-state index in [9.17, 15) is 4.79 Å². The van der Waals surface area contributed by atoms with Gasteiger partial charge in [0.1, 0.15) is 0 Å². The van der Waals surface area contributed by atoms with Crippen molar-refractivity contribution in [1.29, 1.82) is 0 Å². The molecule has 0 aromatic carbocycles. The number of hydrogen-bond acceptors (Lipinski definition) is 1. The Kier molecular flexibility index (Phi) is 11.6. The molecule has 0 fully saturated rings. The van der Waals surface area contributed by atoms with Crippen molar-refractivity contribution in [2.45, 2.75) is 39.0 Å². The van der Waals surface area contributed by atoms with E-state index in [2.05, 4.69) is 6.92 Å². The van der Waals surface area contributed by atoms with Gasteiger partial charge in [0.2, 0.25) is 0 Å². The molecule has 0 aliphatic heterocycles. The number of carboxylic acids is 1. The molecule has 0 aromatic rings. The second-order valence-electron chi connectivity index (χ2n) is 2.20. The van der Waals surface area contributed by atoms with E-state index in [1.54, 1.807) is 0 Å². The van der Waals surface area contributed by atoms with Gasteiger partial charge in [-0.05, 0) is 6.42 Å². The van der Waals surface area contributed by atoms with Gasteiger partial charge in [0.15, 0.2) is 0 Å². The topological polar surface area (TPSA) is 37.3 Å². The van der Waals surface area contributed by atoms with Crippen molar-refractivity contribution in [3.8, 4) is 0 Å². The molecular formula is C7H17GaO2. The van der Waals surface area contributed by atoms with E-state index in [4.69, 9.17) is 5.11 Å². The third-order valence-electron chi connectivity index (χ3n) is 1.24. The Morgan fingerprint density at radius 3 is 2.30 bits per heavy atom. The number of rotatable bonds is 5. The van der Waals surface area contributed by atoms with Gasteiger partial charge in [-0.2, -0.15) is 0 Å². The van der Waals surface area contributed by atoms with Crippen LogP contribution in [0.15, 0.2) is 0 Å². The first-order valence-corrected chi connectivity index (χ1v) is 3.49. The molecule has 60 valence electrons. The van der Waals surface area contributed by atoms with Crippen LogP contribution in [-0.4, -0.2) is 30.9 Å². The summed E-state index contributed by atoms with van der Waals surface area (Å²) in [5.74, 6) is -0.675. The molecule has 0 radical (unpaired) electrons. The van der Waals surface area contributed by atoms with Crippen molar-refractivity contribution in [3.63, 3.8) is 0 Å². The summed E-state index contributed by atoms with van der Waals surface area (Å²) >= 11 is 0. The fourth-order valence-electron chi connectivity index (χ4n) is 0.703. The van der Waals surface area contributed by atoms with E-state index >= 15 is 0 Å². The minimum atomic E-state index is -0.675. The molecule has 0 atom stereocenters. The third-order valence-corrected chi connectivity index (χ3v) is 1.24. The van der Waals surface area contributed by atoms with Crippen LogP contribution in [-0.2, 0) is 4.79 Å². The molecule has 10 heavy (non-hydrogen) atoms. The Morgan fingerprint density at radius 2 is 1.90 bits per heavy atom. The summed E-state index contributed by atoms with van der Waals surface area (Å²) in [5, 5.41) is 8.21. The van der Waals surface area contributed by atoms with Crippen LogP contribution in [0.5, 0.6) is 0 Å². The summed E-state index contributed by atoms with van der Waals surface area (Å²) in [6, 6.07) is 0. The van der Waals surface area contributed by atoms with Gasteiger partial charge in [0.05, 0.1) is 0 Å². The molecule has 0 aromatic heterocycles. The molecule has 0 bridgehead atoms. The summed E-state index contributed by atoms with van der Waals surface area (Å²) in [5.41, 5.74) is 0. The van der Waals surface area contributed by atoms with Crippen LogP contribution < -0.4 is 0 Å². The Balaban J connectivity index is 0. The summed E-state index contributed by atoms with van der Waals surface area (Å²) in [6.45, 7) is 2.11. The van der Waals surface area contributed by atoms with Crippen LogP contribution in [0.4, 0.5) is 0 Å². The number of carbonyl (C=O) groups is 1. The average Bonchev–Trinajstić information content (AvgIpc) is 1.80. The molecule has 0 spiro atoms. The van der Waals surface area contributed by atoms with Crippen molar-refractivity contribution >= 4 is 25.8 Å². The molecule has 0 aliphatic rings. The zero-order chi connectivity index (χ0) is 7.11. The van der Waals surface area contributed by atoms with Gasteiger partial charge >= 0.3 is 25.8 Å². The number of hydrogen-bond donors (Lipinski definition) is 1. The van der Waals surface area contributed by atoms with Gasteiger partial charge in [-0.1, -0.05) is 26.2 Å². The maximum atomic E-state index is 9.96. The molecular weight excluding hydrogens is 186 g/mol. The zero-order valence-corrected chi connectivity index (χ0v) is 5.89. The summed E-state index contributed by atoms with van der Waals surface area (Å²) in [4.78, 5) is 9.96. The molecule has 0 heterocycles. The normalized spacial score (nSPS) is 8.50. The Hall–Kier alpha value is 0.106. The first kappa shape index (κ1) is 12.8. The second-order valence-corrected chi connectivity index (χ2v) is 2.20. The molecule has 3 heteroatoms. The number of aliphatic carboxylic acids is 1.